The molecule has 3 aromatic rings. The fourth-order valence-electron chi connectivity index (χ4n) is 4.92. The number of nitrogens with one attached hydrogen (secondary N) is 1. The van der Waals surface area contributed by atoms with Crippen LogP contribution in [0.3, 0.4) is 0 Å². The van der Waals surface area contributed by atoms with Crippen LogP contribution in [-0.2, 0) is 20.9 Å². The van der Waals surface area contributed by atoms with Crippen LogP contribution in [-0.4, -0.2) is 40.8 Å². The van der Waals surface area contributed by atoms with Crippen LogP contribution in [0.15, 0.2) is 42.9 Å². The normalized spacial score (nSPS) is 25.7. The van der Waals surface area contributed by atoms with Crippen molar-refractivity contribution in [3.63, 3.8) is 0 Å². The molecule has 0 aliphatic heterocycles. The van der Waals surface area contributed by atoms with Gasteiger partial charge in [-0.2, -0.15) is 8.42 Å². The monoisotopic (exact) mass is 443 g/mol. The van der Waals surface area contributed by atoms with Crippen LogP contribution < -0.4 is 10.5 Å². The average Bonchev–Trinajstić information content (AvgIpc) is 3.43. The van der Waals surface area contributed by atoms with E-state index in [2.05, 4.69) is 39.6 Å². The Hall–Kier alpha value is -2.53. The van der Waals surface area contributed by atoms with Crippen LogP contribution in [0.1, 0.15) is 42.5 Å². The van der Waals surface area contributed by atoms with Crippen molar-refractivity contribution in [2.75, 3.05) is 11.9 Å². The second-order valence-corrected chi connectivity index (χ2v) is 9.57. The molecule has 1 aromatic carbocycles. The summed E-state index contributed by atoms with van der Waals surface area (Å²) >= 11 is 0. The highest BCUT2D eigenvalue weighted by Gasteiger charge is 2.35. The van der Waals surface area contributed by atoms with Crippen molar-refractivity contribution in [2.24, 2.45) is 11.1 Å². The van der Waals surface area contributed by atoms with Crippen molar-refractivity contribution < 1.29 is 17.7 Å². The number of aromatic nitrogens is 3. The van der Waals surface area contributed by atoms with E-state index in [1.807, 2.05) is 16.8 Å². The molecule has 2 aliphatic rings. The van der Waals surface area contributed by atoms with Gasteiger partial charge in [0.2, 0.25) is 0 Å². The summed E-state index contributed by atoms with van der Waals surface area (Å²) in [4.78, 5) is 8.97. The highest BCUT2D eigenvalue weighted by atomic mass is 32.2. The zero-order chi connectivity index (χ0) is 21.6. The summed E-state index contributed by atoms with van der Waals surface area (Å²) in [5.41, 5.74) is 3.47. The first-order valence-electron chi connectivity index (χ1n) is 10.4. The van der Waals surface area contributed by atoms with E-state index in [1.165, 1.54) is 11.1 Å². The van der Waals surface area contributed by atoms with Gasteiger partial charge in [0.05, 0.1) is 24.1 Å². The van der Waals surface area contributed by atoms with Crippen LogP contribution in [0.4, 0.5) is 5.82 Å². The molecule has 5 rings (SSSR count). The molecule has 164 valence electrons. The number of anilines is 1. The summed E-state index contributed by atoms with van der Waals surface area (Å²) < 4.78 is 28.9. The Morgan fingerprint density at radius 2 is 2.06 bits per heavy atom. The van der Waals surface area contributed by atoms with Crippen LogP contribution in [0, 0.1) is 5.92 Å². The number of fused-ring (bicyclic) bond motifs is 2. The van der Waals surface area contributed by atoms with Gasteiger partial charge in [0.25, 0.3) is 0 Å². The molecule has 4 N–H and O–H groups in total. The predicted octanol–water partition coefficient (Wildman–Crippen LogP) is 2.06. The number of aliphatic hydroxyl groups is 1. The third-order valence-corrected chi connectivity index (χ3v) is 6.89. The Balaban J connectivity index is 1.37. The second-order valence-electron chi connectivity index (χ2n) is 8.35. The maximum atomic E-state index is 11.1. The second kappa shape index (κ2) is 7.86. The maximum Gasteiger partial charge on any atom is 0.333 e. The van der Waals surface area contributed by atoms with E-state index in [0.717, 1.165) is 29.7 Å². The zero-order valence-corrected chi connectivity index (χ0v) is 17.7. The Labute approximate surface area is 180 Å². The summed E-state index contributed by atoms with van der Waals surface area (Å²) in [6.07, 6.45) is 5.96. The van der Waals surface area contributed by atoms with Crippen molar-refractivity contribution in [1.82, 2.24) is 14.5 Å². The molecule has 0 radical (unpaired) electrons. The Morgan fingerprint density at radius 1 is 1.23 bits per heavy atom. The minimum Gasteiger partial charge on any atom is -0.393 e. The number of rotatable bonds is 6. The SMILES string of the molecule is NS(=O)(=O)OC[C@@H]1CC(n2ccc3c(NC4CCc5ccccc54)ncnc32)C[C@@H]1O. The number of hydrogen-bond acceptors (Lipinski definition) is 7. The first-order chi connectivity index (χ1) is 14.9. The molecule has 1 saturated carbocycles. The van der Waals surface area contributed by atoms with E-state index in [9.17, 15) is 13.5 Å². The van der Waals surface area contributed by atoms with Gasteiger partial charge in [0.1, 0.15) is 17.8 Å². The van der Waals surface area contributed by atoms with Crippen molar-refractivity contribution in [2.45, 2.75) is 43.9 Å². The fraction of sp³-hybridized carbons (Fsp3) is 0.429. The van der Waals surface area contributed by atoms with Gasteiger partial charge in [0.15, 0.2) is 0 Å². The predicted molar refractivity (Wildman–Crippen MR) is 115 cm³/mol. The molecule has 9 nitrogen and oxygen atoms in total. The molecule has 2 unspecified atom stereocenters. The van der Waals surface area contributed by atoms with Gasteiger partial charge >= 0.3 is 10.3 Å². The number of benzene rings is 1. The van der Waals surface area contributed by atoms with E-state index >= 15 is 0 Å². The molecule has 4 atom stereocenters. The Kier molecular flexibility index (Phi) is 5.17. The molecule has 10 heteroatoms. The van der Waals surface area contributed by atoms with Gasteiger partial charge in [-0.1, -0.05) is 24.3 Å². The summed E-state index contributed by atoms with van der Waals surface area (Å²) in [6, 6.07) is 10.6. The van der Waals surface area contributed by atoms with Crippen LogP contribution in [0.2, 0.25) is 0 Å². The minimum atomic E-state index is -4.03. The zero-order valence-electron chi connectivity index (χ0n) is 16.9. The number of aliphatic hydroxyl groups excluding tert-OH is 1. The number of aryl methyl sites for hydroxylation is 1. The van der Waals surface area contributed by atoms with Gasteiger partial charge in [-0.15, -0.1) is 0 Å². The van der Waals surface area contributed by atoms with Gasteiger partial charge in [-0.05, 0) is 42.9 Å². The lowest BCUT2D eigenvalue weighted by molar-refractivity contribution is 0.100. The van der Waals surface area contributed by atoms with E-state index in [-0.39, 0.29) is 24.6 Å². The van der Waals surface area contributed by atoms with Gasteiger partial charge in [-0.25, -0.2) is 15.1 Å². The highest BCUT2D eigenvalue weighted by molar-refractivity contribution is 7.84. The molecular weight excluding hydrogens is 418 g/mol. The van der Waals surface area contributed by atoms with E-state index in [1.54, 1.807) is 6.33 Å². The Bertz CT molecular complexity index is 1210. The van der Waals surface area contributed by atoms with Crippen LogP contribution in [0.25, 0.3) is 11.0 Å². The molecule has 1 fully saturated rings. The third kappa shape index (κ3) is 4.03. The van der Waals surface area contributed by atoms with Crippen LogP contribution in [0.5, 0.6) is 0 Å². The summed E-state index contributed by atoms with van der Waals surface area (Å²) in [7, 11) is -4.03. The fourth-order valence-corrected chi connectivity index (χ4v) is 5.28. The molecule has 0 spiro atoms. The highest BCUT2D eigenvalue weighted by Crippen LogP contribution is 2.39. The van der Waals surface area contributed by atoms with Crippen LogP contribution >= 0.6 is 0 Å². The third-order valence-electron chi connectivity index (χ3n) is 6.43. The van der Waals surface area contributed by atoms with Crippen molar-refractivity contribution in [3.05, 3.63) is 54.0 Å². The van der Waals surface area contributed by atoms with Crippen molar-refractivity contribution in [1.29, 1.82) is 0 Å². The standard InChI is InChI=1S/C21H25N5O4S/c22-31(28,29)30-11-14-9-15(10-19(14)27)26-8-7-17-20(23-12-24-21(17)26)25-18-6-5-13-3-1-2-4-16(13)18/h1-4,7-8,12,14-15,18-19,27H,5-6,9-11H2,(H2,22,28,29)(H,23,24,25)/t14-,15?,18?,19-/m0/s1. The van der Waals surface area contributed by atoms with E-state index in [0.29, 0.717) is 12.8 Å². The topological polar surface area (TPSA) is 132 Å². The lowest BCUT2D eigenvalue weighted by Gasteiger charge is -2.16. The molecule has 0 bridgehead atoms. The summed E-state index contributed by atoms with van der Waals surface area (Å²) in [6.45, 7) is -0.126. The molecular formula is C21H25N5O4S. The van der Waals surface area contributed by atoms with Gasteiger partial charge in [0, 0.05) is 18.2 Å². The van der Waals surface area contributed by atoms with Crippen molar-refractivity contribution >= 4 is 27.2 Å². The first kappa shape index (κ1) is 20.4. The lowest BCUT2D eigenvalue weighted by Crippen LogP contribution is -2.24. The molecule has 31 heavy (non-hydrogen) atoms. The quantitative estimate of drug-likeness (QED) is 0.531. The minimum absolute atomic E-state index is 0.0171. The lowest BCUT2D eigenvalue weighted by atomic mass is 10.1. The smallest absolute Gasteiger partial charge is 0.333 e. The molecule has 2 aromatic heterocycles. The molecule has 0 amide bonds. The van der Waals surface area contributed by atoms with E-state index in [4.69, 9.17) is 9.32 Å². The molecule has 2 heterocycles. The maximum absolute atomic E-state index is 11.1. The van der Waals surface area contributed by atoms with E-state index < -0.39 is 16.4 Å². The molecule has 0 saturated heterocycles. The number of nitrogens with two attached hydrogens (primary N) is 1. The summed E-state index contributed by atoms with van der Waals surface area (Å²) in [5, 5.41) is 19.8. The average molecular weight is 444 g/mol. The number of hydrogen-bond donors (Lipinski definition) is 3. The van der Waals surface area contributed by atoms with Gasteiger partial charge < -0.3 is 15.0 Å². The largest absolute Gasteiger partial charge is 0.393 e. The molecule has 2 aliphatic carbocycles. The number of nitrogens with zero attached hydrogens (tertiary/aromatic N) is 3. The first-order valence-corrected chi connectivity index (χ1v) is 11.9. The van der Waals surface area contributed by atoms with Crippen molar-refractivity contribution in [3.8, 4) is 0 Å². The van der Waals surface area contributed by atoms with Gasteiger partial charge in [-0.3, -0.25) is 4.18 Å². The Morgan fingerprint density at radius 3 is 2.90 bits per heavy atom. The summed E-state index contributed by atoms with van der Waals surface area (Å²) in [5.74, 6) is 0.480.